The van der Waals surface area contributed by atoms with Crippen LogP contribution in [0.25, 0.3) is 0 Å². The summed E-state index contributed by atoms with van der Waals surface area (Å²) in [5.41, 5.74) is 0.358. The number of halogens is 1. The Hall–Kier alpha value is -1.67. The van der Waals surface area contributed by atoms with E-state index in [1.165, 1.54) is 42.0 Å². The maximum absolute atomic E-state index is 13.7. The van der Waals surface area contributed by atoms with Gasteiger partial charge in [0.25, 0.3) is 0 Å². The molecule has 0 bridgehead atoms. The van der Waals surface area contributed by atoms with E-state index in [4.69, 9.17) is 0 Å². The van der Waals surface area contributed by atoms with Gasteiger partial charge < -0.3 is 10.6 Å². The van der Waals surface area contributed by atoms with Crippen LogP contribution in [0.5, 0.6) is 0 Å². The average Bonchev–Trinajstić information content (AvgIpc) is 3.08. The smallest absolute Gasteiger partial charge is 0.233 e. The Labute approximate surface area is 167 Å². The summed E-state index contributed by atoms with van der Waals surface area (Å²) in [6.07, 6.45) is 3.45. The number of aromatic nitrogens is 2. The third-order valence-corrected chi connectivity index (χ3v) is 7.23. The number of para-hydroxylation sites is 1. The first-order chi connectivity index (χ1) is 12.9. The highest BCUT2D eigenvalue weighted by atomic mass is 32.2. The molecule has 1 aromatic carbocycles. The lowest BCUT2D eigenvalue weighted by molar-refractivity contribution is -0.121. The van der Waals surface area contributed by atoms with Gasteiger partial charge in [-0.05, 0) is 37.3 Å². The van der Waals surface area contributed by atoms with E-state index in [-0.39, 0.29) is 23.0 Å². The highest BCUT2D eigenvalue weighted by Gasteiger charge is 2.29. The summed E-state index contributed by atoms with van der Waals surface area (Å²) in [4.78, 5) is 12.6. The number of nitrogens with one attached hydrogen (secondary N) is 2. The number of carbonyl (C=O) groups is 1. The summed E-state index contributed by atoms with van der Waals surface area (Å²) in [6.45, 7) is 6.35. The highest BCUT2D eigenvalue weighted by molar-refractivity contribution is 8.02. The van der Waals surface area contributed by atoms with Gasteiger partial charge in [-0.15, -0.1) is 10.2 Å². The molecule has 1 fully saturated rings. The van der Waals surface area contributed by atoms with Crippen molar-refractivity contribution in [3.63, 3.8) is 0 Å². The van der Waals surface area contributed by atoms with E-state index in [2.05, 4.69) is 34.7 Å². The molecule has 1 aliphatic carbocycles. The molecule has 8 heteroatoms. The molecule has 2 N–H and O–H groups in total. The van der Waals surface area contributed by atoms with Crippen LogP contribution in [0.15, 0.2) is 28.6 Å². The van der Waals surface area contributed by atoms with Crippen molar-refractivity contribution in [1.29, 1.82) is 0 Å². The molecule has 5 nitrogen and oxygen atoms in total. The molecule has 27 heavy (non-hydrogen) atoms. The number of anilines is 2. The topological polar surface area (TPSA) is 66.9 Å². The van der Waals surface area contributed by atoms with Gasteiger partial charge in [-0.25, -0.2) is 4.39 Å². The van der Waals surface area contributed by atoms with Gasteiger partial charge in [0.05, 0.1) is 10.9 Å². The lowest BCUT2D eigenvalue weighted by Crippen LogP contribution is -2.46. The van der Waals surface area contributed by atoms with Crippen molar-refractivity contribution >= 4 is 39.8 Å². The third kappa shape index (κ3) is 5.19. The molecule has 0 radical (unpaired) electrons. The van der Waals surface area contributed by atoms with Crippen LogP contribution in [-0.2, 0) is 4.79 Å². The number of nitrogens with zero attached hydrogens (tertiary/aromatic N) is 2. The Bertz CT molecular complexity index is 785. The van der Waals surface area contributed by atoms with Crippen LogP contribution >= 0.6 is 23.1 Å². The Morgan fingerprint density at radius 3 is 2.85 bits per heavy atom. The summed E-state index contributed by atoms with van der Waals surface area (Å²) in [5, 5.41) is 14.5. The molecule has 0 aliphatic heterocycles. The molecular formula is C19H25FN4OS2. The fourth-order valence-corrected chi connectivity index (χ4v) is 5.19. The van der Waals surface area contributed by atoms with Crippen LogP contribution in [0.4, 0.5) is 15.2 Å². The van der Waals surface area contributed by atoms with Crippen LogP contribution in [0.2, 0.25) is 0 Å². The number of hydrogen-bond acceptors (Lipinski definition) is 6. The van der Waals surface area contributed by atoms with Crippen molar-refractivity contribution in [3.8, 4) is 0 Å². The zero-order chi connectivity index (χ0) is 19.4. The van der Waals surface area contributed by atoms with E-state index in [1.54, 1.807) is 18.2 Å². The molecule has 1 heterocycles. The van der Waals surface area contributed by atoms with Gasteiger partial charge in [-0.3, -0.25) is 4.79 Å². The Morgan fingerprint density at radius 2 is 2.07 bits per heavy atom. The minimum absolute atomic E-state index is 0.0322. The van der Waals surface area contributed by atoms with Gasteiger partial charge >= 0.3 is 0 Å². The van der Waals surface area contributed by atoms with Gasteiger partial charge in [0.15, 0.2) is 4.34 Å². The van der Waals surface area contributed by atoms with Crippen molar-refractivity contribution in [2.75, 3.05) is 5.32 Å². The number of carbonyl (C=O) groups excluding carboxylic acids is 1. The number of amides is 1. The summed E-state index contributed by atoms with van der Waals surface area (Å²) >= 11 is 2.69. The van der Waals surface area contributed by atoms with Gasteiger partial charge in [0.1, 0.15) is 5.82 Å². The quantitative estimate of drug-likeness (QED) is 0.669. The first-order valence-electron chi connectivity index (χ1n) is 9.26. The van der Waals surface area contributed by atoms with E-state index in [0.717, 1.165) is 6.42 Å². The first-order valence-corrected chi connectivity index (χ1v) is 11.0. The Balaban J connectivity index is 1.55. The Morgan fingerprint density at radius 1 is 1.30 bits per heavy atom. The van der Waals surface area contributed by atoms with Crippen molar-refractivity contribution in [1.82, 2.24) is 15.5 Å². The predicted octanol–water partition coefficient (Wildman–Crippen LogP) is 4.84. The van der Waals surface area contributed by atoms with E-state index in [9.17, 15) is 9.18 Å². The lowest BCUT2D eigenvalue weighted by atomic mass is 9.78. The molecule has 3 rings (SSSR count). The minimum Gasteiger partial charge on any atom is -0.352 e. The fraction of sp³-hybridized carbons (Fsp3) is 0.526. The summed E-state index contributed by atoms with van der Waals surface area (Å²) < 4.78 is 14.4. The molecular weight excluding hydrogens is 383 g/mol. The Kier molecular flexibility index (Phi) is 6.70. The van der Waals surface area contributed by atoms with Crippen LogP contribution in [0, 0.1) is 17.7 Å². The van der Waals surface area contributed by atoms with Crippen LogP contribution in [0.1, 0.15) is 40.0 Å². The second-order valence-corrected chi connectivity index (χ2v) is 9.69. The average molecular weight is 409 g/mol. The van der Waals surface area contributed by atoms with E-state index < -0.39 is 0 Å². The second-order valence-electron chi connectivity index (χ2n) is 7.12. The van der Waals surface area contributed by atoms with Gasteiger partial charge in [0.2, 0.25) is 11.0 Å². The van der Waals surface area contributed by atoms with Crippen LogP contribution in [0.3, 0.4) is 0 Å². The highest BCUT2D eigenvalue weighted by Crippen LogP contribution is 2.32. The van der Waals surface area contributed by atoms with E-state index in [1.807, 2.05) is 6.92 Å². The molecule has 1 aliphatic rings. The van der Waals surface area contributed by atoms with Gasteiger partial charge in [0, 0.05) is 6.04 Å². The number of rotatable bonds is 6. The van der Waals surface area contributed by atoms with Crippen LogP contribution in [-0.4, -0.2) is 27.4 Å². The molecule has 1 aromatic heterocycles. The van der Waals surface area contributed by atoms with Crippen molar-refractivity contribution < 1.29 is 9.18 Å². The lowest BCUT2D eigenvalue weighted by Gasteiger charge is -2.35. The summed E-state index contributed by atoms with van der Waals surface area (Å²) in [5.74, 6) is 0.829. The molecule has 2 aromatic rings. The predicted molar refractivity (Wildman–Crippen MR) is 109 cm³/mol. The number of benzene rings is 1. The molecule has 1 saturated carbocycles. The molecule has 146 valence electrons. The molecule has 0 spiro atoms. The van der Waals surface area contributed by atoms with E-state index in [0.29, 0.717) is 27.0 Å². The fourth-order valence-electron chi connectivity index (χ4n) is 3.28. The second kappa shape index (κ2) is 9.01. The van der Waals surface area contributed by atoms with Gasteiger partial charge in [-0.1, -0.05) is 61.9 Å². The maximum atomic E-state index is 13.7. The zero-order valence-electron chi connectivity index (χ0n) is 15.7. The standard InChI is InChI=1S/C19H25FN4OS2/c1-11-7-6-10-15(12(11)2)21-17(25)13(3)26-19-24-23-18(27-19)22-16-9-5-4-8-14(16)20/h4-5,8-9,11-13,15H,6-7,10H2,1-3H3,(H,21,25)(H,22,23)/t11-,12+,13+,15+/m0/s1. The minimum atomic E-state index is -0.342. The van der Waals surface area contributed by atoms with Crippen molar-refractivity contribution in [2.45, 2.75) is 55.7 Å². The van der Waals surface area contributed by atoms with Crippen molar-refractivity contribution in [3.05, 3.63) is 30.1 Å². The third-order valence-electron chi connectivity index (χ3n) is 5.20. The SMILES string of the molecule is C[C@@H]1[C@@H](C)CCC[C@H]1NC(=O)[C@@H](C)Sc1nnc(Nc2ccccc2F)s1. The normalized spacial score (nSPS) is 23.6. The van der Waals surface area contributed by atoms with Crippen molar-refractivity contribution in [2.24, 2.45) is 11.8 Å². The molecule has 0 unspecified atom stereocenters. The van der Waals surface area contributed by atoms with E-state index >= 15 is 0 Å². The number of hydrogen-bond donors (Lipinski definition) is 2. The summed E-state index contributed by atoms with van der Waals surface area (Å²) in [6, 6.07) is 6.67. The molecule has 1 amide bonds. The number of thioether (sulfide) groups is 1. The van der Waals surface area contributed by atoms with Gasteiger partial charge in [-0.2, -0.15) is 0 Å². The maximum Gasteiger partial charge on any atom is 0.233 e. The summed E-state index contributed by atoms with van der Waals surface area (Å²) in [7, 11) is 0. The monoisotopic (exact) mass is 408 g/mol. The first kappa shape index (κ1) is 20.1. The molecule has 0 saturated heterocycles. The zero-order valence-corrected chi connectivity index (χ0v) is 17.4. The molecule has 4 atom stereocenters. The van der Waals surface area contributed by atoms with Crippen LogP contribution < -0.4 is 10.6 Å². The largest absolute Gasteiger partial charge is 0.352 e.